The summed E-state index contributed by atoms with van der Waals surface area (Å²) in [4.78, 5) is 2.66. The highest BCUT2D eigenvalue weighted by molar-refractivity contribution is 9.12. The molecule has 1 fully saturated rings. The Hall–Kier alpha value is -2.10. The Labute approximate surface area is 167 Å². The molecule has 1 heterocycles. The molecule has 0 radical (unpaired) electrons. The van der Waals surface area contributed by atoms with E-state index in [1.807, 2.05) is 19.1 Å². The molecule has 0 saturated heterocycles. The van der Waals surface area contributed by atoms with Crippen molar-refractivity contribution in [1.82, 2.24) is 10.2 Å². The largest absolute Gasteiger partial charge is 0.507 e. The lowest BCUT2D eigenvalue weighted by molar-refractivity contribution is -0.0235. The summed E-state index contributed by atoms with van der Waals surface area (Å²) in [5, 5.41) is 32.8. The third-order valence-electron chi connectivity index (χ3n) is 5.45. The summed E-state index contributed by atoms with van der Waals surface area (Å²) in [6.07, 6.45) is 5.57. The van der Waals surface area contributed by atoms with Gasteiger partial charge in [0.05, 0.1) is 5.60 Å². The third kappa shape index (κ3) is 3.67. The summed E-state index contributed by atoms with van der Waals surface area (Å²) in [6.45, 7) is 1.86. The Kier molecular flexibility index (Phi) is 4.83. The molecule has 0 unspecified atom stereocenters. The number of rotatable bonds is 3. The van der Waals surface area contributed by atoms with Crippen LogP contribution in [0.5, 0.6) is 5.75 Å². The van der Waals surface area contributed by atoms with Crippen molar-refractivity contribution in [2.24, 2.45) is 0 Å². The standard InChI is InChI=1S/C21H22BrN3O2/c1-21(27)11-14(12-21)23-20-16-5-3-2-4-15(16)19(24-25-20)17-7-6-13(8-9-22)10-18(17)26/h6-7,10,14,26-27H,2-5,11-12H2,1H3,(H,23,25). The lowest BCUT2D eigenvalue weighted by Crippen LogP contribution is -2.48. The first-order valence-corrected chi connectivity index (χ1v) is 10.1. The molecule has 3 N–H and O–H groups in total. The molecule has 140 valence electrons. The number of aliphatic hydroxyl groups is 1. The quantitative estimate of drug-likeness (QED) is 0.649. The van der Waals surface area contributed by atoms with E-state index < -0.39 is 5.60 Å². The van der Waals surface area contributed by atoms with Crippen LogP contribution in [0.15, 0.2) is 18.2 Å². The number of hydrogen-bond donors (Lipinski definition) is 3. The fraction of sp³-hybridized carbons (Fsp3) is 0.429. The van der Waals surface area contributed by atoms with E-state index in [0.717, 1.165) is 55.6 Å². The van der Waals surface area contributed by atoms with Gasteiger partial charge in [-0.2, -0.15) is 0 Å². The van der Waals surface area contributed by atoms with Crippen molar-refractivity contribution in [3.8, 4) is 27.8 Å². The summed E-state index contributed by atoms with van der Waals surface area (Å²) in [5.74, 6) is 3.88. The van der Waals surface area contributed by atoms with E-state index in [1.54, 1.807) is 6.07 Å². The van der Waals surface area contributed by atoms with Gasteiger partial charge in [0.2, 0.25) is 0 Å². The number of phenolic OH excluding ortho intramolecular Hbond substituents is 1. The Morgan fingerprint density at radius 3 is 2.59 bits per heavy atom. The third-order valence-corrected chi connectivity index (χ3v) is 5.65. The lowest BCUT2D eigenvalue weighted by atomic mass is 9.77. The van der Waals surface area contributed by atoms with Gasteiger partial charge in [0.15, 0.2) is 5.82 Å². The summed E-state index contributed by atoms with van der Waals surface area (Å²) < 4.78 is 0. The van der Waals surface area contributed by atoms with Crippen LogP contribution in [0.3, 0.4) is 0 Å². The maximum Gasteiger partial charge on any atom is 0.152 e. The van der Waals surface area contributed by atoms with E-state index in [0.29, 0.717) is 5.56 Å². The monoisotopic (exact) mass is 427 g/mol. The van der Waals surface area contributed by atoms with Gasteiger partial charge in [-0.1, -0.05) is 5.92 Å². The molecule has 0 aliphatic heterocycles. The average Bonchev–Trinajstić information content (AvgIpc) is 2.61. The molecule has 0 amide bonds. The number of hydrogen-bond acceptors (Lipinski definition) is 5. The molecule has 1 aromatic heterocycles. The van der Waals surface area contributed by atoms with Crippen LogP contribution in [0, 0.1) is 10.8 Å². The van der Waals surface area contributed by atoms with Crippen LogP contribution in [-0.2, 0) is 12.8 Å². The second-order valence-corrected chi connectivity index (χ2v) is 8.16. The van der Waals surface area contributed by atoms with E-state index in [4.69, 9.17) is 0 Å². The van der Waals surface area contributed by atoms with E-state index >= 15 is 0 Å². The maximum absolute atomic E-state index is 10.5. The van der Waals surface area contributed by atoms with Crippen molar-refractivity contribution in [1.29, 1.82) is 0 Å². The molecule has 0 bridgehead atoms. The van der Waals surface area contributed by atoms with Crippen molar-refractivity contribution in [2.75, 3.05) is 5.32 Å². The van der Waals surface area contributed by atoms with Gasteiger partial charge in [-0.05, 0) is 74.0 Å². The number of aromatic hydroxyl groups is 1. The van der Waals surface area contributed by atoms with Crippen LogP contribution in [0.4, 0.5) is 5.82 Å². The summed E-state index contributed by atoms with van der Waals surface area (Å²) in [7, 11) is 0. The first-order valence-electron chi connectivity index (χ1n) is 9.29. The Morgan fingerprint density at radius 1 is 1.19 bits per heavy atom. The zero-order valence-electron chi connectivity index (χ0n) is 15.2. The SMILES string of the molecule is CC1(O)CC(Nc2nnc(-c3ccc(C#CBr)cc3O)c3c2CCCC3)C1. The molecule has 27 heavy (non-hydrogen) atoms. The highest BCUT2D eigenvalue weighted by Crippen LogP contribution is 2.39. The minimum atomic E-state index is -0.573. The number of nitrogens with one attached hydrogen (secondary N) is 1. The van der Waals surface area contributed by atoms with Crippen LogP contribution in [0.1, 0.15) is 49.3 Å². The predicted molar refractivity (Wildman–Crippen MR) is 109 cm³/mol. The van der Waals surface area contributed by atoms with Gasteiger partial charge in [0, 0.05) is 38.7 Å². The number of halogens is 1. The van der Waals surface area contributed by atoms with E-state index in [1.165, 1.54) is 11.1 Å². The molecular weight excluding hydrogens is 406 g/mol. The topological polar surface area (TPSA) is 78.3 Å². The number of anilines is 1. The molecular formula is C21H22BrN3O2. The average molecular weight is 428 g/mol. The smallest absolute Gasteiger partial charge is 0.152 e. The molecule has 2 aliphatic rings. The summed E-state index contributed by atoms with van der Waals surface area (Å²) >= 11 is 3.08. The zero-order chi connectivity index (χ0) is 19.0. The molecule has 6 heteroatoms. The maximum atomic E-state index is 10.5. The first kappa shape index (κ1) is 18.3. The fourth-order valence-corrected chi connectivity index (χ4v) is 4.37. The van der Waals surface area contributed by atoms with Crippen LogP contribution < -0.4 is 5.32 Å². The predicted octanol–water partition coefficient (Wildman–Crippen LogP) is 3.76. The normalized spacial score (nSPS) is 23.6. The van der Waals surface area contributed by atoms with Crippen LogP contribution in [-0.4, -0.2) is 32.1 Å². The fourth-order valence-electron chi connectivity index (χ4n) is 4.14. The molecule has 4 rings (SSSR count). The highest BCUT2D eigenvalue weighted by Gasteiger charge is 2.39. The summed E-state index contributed by atoms with van der Waals surface area (Å²) in [6, 6.07) is 5.63. The van der Waals surface area contributed by atoms with Crippen molar-refractivity contribution in [3.05, 3.63) is 34.9 Å². The lowest BCUT2D eigenvalue weighted by Gasteiger charge is -2.41. The van der Waals surface area contributed by atoms with Gasteiger partial charge in [-0.3, -0.25) is 0 Å². The molecule has 1 aromatic carbocycles. The summed E-state index contributed by atoms with van der Waals surface area (Å²) in [5.41, 5.74) is 3.98. The first-order chi connectivity index (χ1) is 13.0. The number of nitrogens with zero attached hydrogens (tertiary/aromatic N) is 2. The Balaban J connectivity index is 1.69. The second kappa shape index (κ2) is 7.14. The van der Waals surface area contributed by atoms with Gasteiger partial charge >= 0.3 is 0 Å². The van der Waals surface area contributed by atoms with Crippen molar-refractivity contribution in [2.45, 2.75) is 57.1 Å². The number of aromatic nitrogens is 2. The Bertz CT molecular complexity index is 938. The van der Waals surface area contributed by atoms with E-state index in [2.05, 4.69) is 42.2 Å². The van der Waals surface area contributed by atoms with Crippen LogP contribution in [0.25, 0.3) is 11.3 Å². The van der Waals surface area contributed by atoms with Crippen molar-refractivity contribution in [3.63, 3.8) is 0 Å². The highest BCUT2D eigenvalue weighted by atomic mass is 79.9. The molecule has 2 aliphatic carbocycles. The van der Waals surface area contributed by atoms with Gasteiger partial charge < -0.3 is 15.5 Å². The van der Waals surface area contributed by atoms with Gasteiger partial charge in [-0.25, -0.2) is 0 Å². The number of benzene rings is 1. The van der Waals surface area contributed by atoms with Crippen molar-refractivity contribution >= 4 is 21.7 Å². The minimum Gasteiger partial charge on any atom is -0.507 e. The van der Waals surface area contributed by atoms with Crippen LogP contribution >= 0.6 is 15.9 Å². The van der Waals surface area contributed by atoms with Crippen LogP contribution in [0.2, 0.25) is 0 Å². The number of phenols is 1. The van der Waals surface area contributed by atoms with Crippen molar-refractivity contribution < 1.29 is 10.2 Å². The number of fused-ring (bicyclic) bond motifs is 1. The van der Waals surface area contributed by atoms with E-state index in [-0.39, 0.29) is 11.8 Å². The second-order valence-electron chi connectivity index (χ2n) is 7.76. The molecule has 0 atom stereocenters. The van der Waals surface area contributed by atoms with E-state index in [9.17, 15) is 10.2 Å². The zero-order valence-corrected chi connectivity index (χ0v) is 16.8. The molecule has 1 saturated carbocycles. The Morgan fingerprint density at radius 2 is 1.93 bits per heavy atom. The molecule has 5 nitrogen and oxygen atoms in total. The van der Waals surface area contributed by atoms with Gasteiger partial charge in [0.25, 0.3) is 0 Å². The van der Waals surface area contributed by atoms with Gasteiger partial charge in [-0.15, -0.1) is 10.2 Å². The molecule has 0 spiro atoms. The molecule has 2 aromatic rings. The minimum absolute atomic E-state index is 0.167. The van der Waals surface area contributed by atoms with Gasteiger partial charge in [0.1, 0.15) is 11.4 Å².